The molecule has 0 spiro atoms. The third kappa shape index (κ3) is 12.0. The number of unbranched alkanes of at least 4 members (excludes halogenated alkanes) is 1. The van der Waals surface area contributed by atoms with Gasteiger partial charge in [-0.2, -0.15) is 0 Å². The van der Waals surface area contributed by atoms with E-state index < -0.39 is 0 Å². The molecule has 0 N–H and O–H groups in total. The molecular weight excluding hydrogens is 599 g/mol. The van der Waals surface area contributed by atoms with Crippen LogP contribution in [0.1, 0.15) is 183 Å². The van der Waals surface area contributed by atoms with Crippen LogP contribution in [0.25, 0.3) is 5.57 Å². The van der Waals surface area contributed by atoms with Crippen LogP contribution in [-0.2, 0) is 0 Å². The number of carbonyl (C=O) groups excluding carboxylic acids is 1. The van der Waals surface area contributed by atoms with Crippen molar-refractivity contribution in [1.29, 1.82) is 0 Å². The van der Waals surface area contributed by atoms with Crippen LogP contribution in [0.5, 0.6) is 0 Å². The smallest absolute Gasteiger partial charge is 0.159 e. The summed E-state index contributed by atoms with van der Waals surface area (Å²) in [6.45, 7) is 36.3. The lowest BCUT2D eigenvalue weighted by atomic mass is 9.70. The minimum Gasteiger partial charge on any atom is -0.324 e. The molecule has 2 aliphatic heterocycles. The van der Waals surface area contributed by atoms with Gasteiger partial charge in [0.15, 0.2) is 11.6 Å². The van der Waals surface area contributed by atoms with Gasteiger partial charge in [0.1, 0.15) is 0 Å². The molecule has 3 aliphatic rings. The molecule has 4 rings (SSSR count). The third-order valence-electron chi connectivity index (χ3n) is 10.4. The van der Waals surface area contributed by atoms with Crippen molar-refractivity contribution in [3.63, 3.8) is 0 Å². The van der Waals surface area contributed by atoms with Gasteiger partial charge in [-0.25, -0.2) is 4.99 Å². The molecule has 3 unspecified atom stereocenters. The number of carbonyl (C=O) groups is 1. The number of hydrogen-bond acceptors (Lipinski definition) is 4. The zero-order chi connectivity index (χ0) is 37.3. The van der Waals surface area contributed by atoms with Crippen LogP contribution in [0.3, 0.4) is 0 Å². The standard InChI is InChI=1S/C33H47N3O.C5H12.C4H10.C3H8/c1-9-21(5)18-29(25-14-13-15-25)23(7)36-27(11-3)20-34-33-32(36)31(22(6)10-2)28-17-16-26(24(8)37)19-30(28)35(33)12-4;1-4-5(2)3;1-3-4-2;1-3-2/h16-17,19-22,25,29H,7,9-15,18H2,1-6,8H3;5H,4H2,1-3H3;3-4H2,1-2H3;3H2,1-2H3. The van der Waals surface area contributed by atoms with E-state index in [9.17, 15) is 4.79 Å². The summed E-state index contributed by atoms with van der Waals surface area (Å²) in [7, 11) is 0. The summed E-state index contributed by atoms with van der Waals surface area (Å²) >= 11 is 0. The van der Waals surface area contributed by atoms with Gasteiger partial charge in [0.2, 0.25) is 0 Å². The maximum atomic E-state index is 12.3. The highest BCUT2D eigenvalue weighted by molar-refractivity contribution is 6.19. The van der Waals surface area contributed by atoms with E-state index in [0.29, 0.717) is 17.8 Å². The lowest BCUT2D eigenvalue weighted by Gasteiger charge is -2.47. The molecule has 1 fully saturated rings. The molecule has 2 heterocycles. The van der Waals surface area contributed by atoms with Gasteiger partial charge < -0.3 is 9.80 Å². The number of anilines is 1. The van der Waals surface area contributed by atoms with Crippen LogP contribution in [0, 0.1) is 29.6 Å². The lowest BCUT2D eigenvalue weighted by Crippen LogP contribution is -2.45. The van der Waals surface area contributed by atoms with Crippen molar-refractivity contribution in [3.8, 4) is 0 Å². The molecule has 0 aromatic heterocycles. The predicted molar refractivity (Wildman–Crippen MR) is 219 cm³/mol. The van der Waals surface area contributed by atoms with Gasteiger partial charge in [-0.15, -0.1) is 0 Å². The Kier molecular flexibility index (Phi) is 20.8. The van der Waals surface area contributed by atoms with Crippen molar-refractivity contribution in [3.05, 3.63) is 59.2 Å². The van der Waals surface area contributed by atoms with Gasteiger partial charge in [0.25, 0.3) is 0 Å². The third-order valence-corrected chi connectivity index (χ3v) is 10.4. The number of fused-ring (bicyclic) bond motifs is 2. The SMILES string of the molecule is C=C(C(CC(C)CC)C1CCC1)N1C(CC)=CN=C2C1=C(C(C)CC)c1ccc(C(C)=O)cc1N2CC.CCC.CCC(C)C.CCCC. The molecule has 278 valence electrons. The summed E-state index contributed by atoms with van der Waals surface area (Å²) in [6, 6.07) is 6.24. The van der Waals surface area contributed by atoms with E-state index in [2.05, 4.69) is 118 Å². The first-order valence-electron chi connectivity index (χ1n) is 20.3. The number of amidine groups is 1. The minimum atomic E-state index is 0.0980. The van der Waals surface area contributed by atoms with E-state index in [4.69, 9.17) is 11.6 Å². The van der Waals surface area contributed by atoms with Crippen molar-refractivity contribution >= 4 is 22.9 Å². The fraction of sp³-hybridized carbons (Fsp3) is 0.689. The number of nitrogens with zero attached hydrogens (tertiary/aromatic N) is 3. The second-order valence-corrected chi connectivity index (χ2v) is 14.9. The summed E-state index contributed by atoms with van der Waals surface area (Å²) < 4.78 is 0. The van der Waals surface area contributed by atoms with Crippen molar-refractivity contribution in [2.45, 2.75) is 168 Å². The first-order valence-corrected chi connectivity index (χ1v) is 20.3. The van der Waals surface area contributed by atoms with E-state index in [1.165, 1.54) is 86.0 Å². The van der Waals surface area contributed by atoms with Crippen LogP contribution in [0.15, 0.2) is 53.1 Å². The molecule has 1 aromatic carbocycles. The van der Waals surface area contributed by atoms with Gasteiger partial charge in [-0.1, -0.05) is 140 Å². The quantitative estimate of drug-likeness (QED) is 0.195. The number of likely N-dealkylation sites (N-methyl/N-ethyl adjacent to an activating group) is 1. The number of allylic oxidation sites excluding steroid dienone is 3. The fourth-order valence-corrected chi connectivity index (χ4v) is 6.19. The number of ketones is 1. The molecule has 1 aromatic rings. The fourth-order valence-electron chi connectivity index (χ4n) is 6.19. The van der Waals surface area contributed by atoms with E-state index >= 15 is 0 Å². The van der Waals surface area contributed by atoms with Crippen LogP contribution in [0.4, 0.5) is 5.69 Å². The summed E-state index contributed by atoms with van der Waals surface area (Å²) in [5, 5.41) is 0. The zero-order valence-electron chi connectivity index (χ0n) is 34.6. The van der Waals surface area contributed by atoms with Crippen LogP contribution < -0.4 is 4.90 Å². The summed E-state index contributed by atoms with van der Waals surface area (Å²) in [6.07, 6.45) is 15.6. The summed E-state index contributed by atoms with van der Waals surface area (Å²) in [5.41, 5.74) is 8.13. The largest absolute Gasteiger partial charge is 0.324 e. The first kappa shape index (κ1) is 44.4. The molecule has 49 heavy (non-hydrogen) atoms. The van der Waals surface area contributed by atoms with Crippen LogP contribution in [-0.4, -0.2) is 23.1 Å². The number of benzene rings is 1. The molecule has 1 saturated carbocycles. The van der Waals surface area contributed by atoms with Gasteiger partial charge in [0, 0.05) is 41.2 Å². The van der Waals surface area contributed by atoms with Gasteiger partial charge >= 0.3 is 0 Å². The number of Topliss-reactive ketones (excluding diaryl/α,β-unsaturated/α-hetero) is 1. The molecule has 1 aliphatic carbocycles. The van der Waals surface area contributed by atoms with Crippen LogP contribution >= 0.6 is 0 Å². The molecular formula is C45H77N3O. The normalized spacial score (nSPS) is 17.0. The molecule has 0 radical (unpaired) electrons. The highest BCUT2D eigenvalue weighted by atomic mass is 16.1. The molecule has 0 amide bonds. The topological polar surface area (TPSA) is 35.9 Å². The first-order chi connectivity index (χ1) is 23.4. The monoisotopic (exact) mass is 676 g/mol. The maximum absolute atomic E-state index is 12.3. The van der Waals surface area contributed by atoms with E-state index in [-0.39, 0.29) is 5.78 Å². The average molecular weight is 676 g/mol. The molecule has 4 nitrogen and oxygen atoms in total. The van der Waals surface area contributed by atoms with E-state index in [0.717, 1.165) is 48.3 Å². The Morgan fingerprint density at radius 2 is 1.51 bits per heavy atom. The highest BCUT2D eigenvalue weighted by Crippen LogP contribution is 2.49. The van der Waals surface area contributed by atoms with Crippen molar-refractivity contribution in [2.75, 3.05) is 11.4 Å². The second-order valence-electron chi connectivity index (χ2n) is 14.9. The molecule has 0 bridgehead atoms. The summed E-state index contributed by atoms with van der Waals surface area (Å²) in [5.74, 6) is 4.23. The lowest BCUT2D eigenvalue weighted by molar-refractivity contribution is 0.101. The Morgan fingerprint density at radius 1 is 0.918 bits per heavy atom. The minimum absolute atomic E-state index is 0.0980. The van der Waals surface area contributed by atoms with E-state index in [1.54, 1.807) is 6.92 Å². The Balaban J connectivity index is 0.000000866. The van der Waals surface area contributed by atoms with Gasteiger partial charge in [0.05, 0.1) is 11.4 Å². The Hall–Kier alpha value is -2.62. The number of rotatable bonds is 13. The average Bonchev–Trinajstić information content (AvgIpc) is 3.08. The van der Waals surface area contributed by atoms with Crippen molar-refractivity contribution in [1.82, 2.24) is 4.90 Å². The van der Waals surface area contributed by atoms with Crippen molar-refractivity contribution < 1.29 is 4.79 Å². The molecule has 4 heteroatoms. The van der Waals surface area contributed by atoms with Crippen LogP contribution in [0.2, 0.25) is 0 Å². The van der Waals surface area contributed by atoms with E-state index in [1.807, 2.05) is 6.07 Å². The maximum Gasteiger partial charge on any atom is 0.159 e. The zero-order valence-corrected chi connectivity index (χ0v) is 34.6. The number of hydrogen-bond donors (Lipinski definition) is 0. The Bertz CT molecular complexity index is 1250. The number of aliphatic imine (C=N–C) groups is 1. The van der Waals surface area contributed by atoms with Gasteiger partial charge in [-0.05, 0) is 81.3 Å². The van der Waals surface area contributed by atoms with Gasteiger partial charge in [-0.3, -0.25) is 4.79 Å². The second kappa shape index (κ2) is 23.0. The Labute approximate surface area is 304 Å². The molecule has 0 saturated heterocycles. The predicted octanol–water partition coefficient (Wildman–Crippen LogP) is 14.1. The Morgan fingerprint density at radius 3 is 1.92 bits per heavy atom. The highest BCUT2D eigenvalue weighted by Gasteiger charge is 2.41. The summed E-state index contributed by atoms with van der Waals surface area (Å²) in [4.78, 5) is 22.2. The molecule has 3 atom stereocenters. The van der Waals surface area contributed by atoms with Crippen molar-refractivity contribution in [2.24, 2.45) is 34.6 Å².